The second kappa shape index (κ2) is 7.54. The van der Waals surface area contributed by atoms with Gasteiger partial charge in [0.15, 0.2) is 0 Å². The summed E-state index contributed by atoms with van der Waals surface area (Å²) < 4.78 is 0.0945. The Bertz CT molecular complexity index is 697. The summed E-state index contributed by atoms with van der Waals surface area (Å²) in [6, 6.07) is 8.12. The molecule has 2 rings (SSSR count). The van der Waals surface area contributed by atoms with Crippen LogP contribution in [0.25, 0.3) is 6.08 Å². The molecule has 1 atom stereocenters. The van der Waals surface area contributed by atoms with Crippen molar-refractivity contribution in [3.8, 4) is 0 Å². The summed E-state index contributed by atoms with van der Waals surface area (Å²) in [5.74, 6) is -2.08. The van der Waals surface area contributed by atoms with Gasteiger partial charge in [0, 0.05) is 0 Å². The standard InChI is InChI=1S/C16H15NO4S2/c1-10(7-11-5-3-2-4-6-11)8-13-14(19)17(16(22)23-13)12(9-18)15(20)21/h2-8,12,18H,9H2,1H3,(H,20,21)/p-1/b10-7+,13-8-/t12-/m0/s1. The van der Waals surface area contributed by atoms with E-state index in [-0.39, 0.29) is 4.32 Å². The van der Waals surface area contributed by atoms with Crippen molar-refractivity contribution >= 4 is 46.3 Å². The molecule has 1 N–H and O–H groups in total. The lowest BCUT2D eigenvalue weighted by atomic mass is 10.1. The summed E-state index contributed by atoms with van der Waals surface area (Å²) >= 11 is 6.05. The third kappa shape index (κ3) is 4.07. The summed E-state index contributed by atoms with van der Waals surface area (Å²) in [4.78, 5) is 24.5. The van der Waals surface area contributed by atoms with Gasteiger partial charge in [0.1, 0.15) is 10.4 Å². The smallest absolute Gasteiger partial charge is 0.266 e. The minimum Gasteiger partial charge on any atom is -0.548 e. The van der Waals surface area contributed by atoms with E-state index >= 15 is 0 Å². The molecule has 5 nitrogen and oxygen atoms in total. The van der Waals surface area contributed by atoms with Gasteiger partial charge in [0.05, 0.1) is 17.5 Å². The third-order valence-corrected chi connectivity index (χ3v) is 4.46. The predicted molar refractivity (Wildman–Crippen MR) is 91.1 cm³/mol. The molecule has 0 bridgehead atoms. The highest BCUT2D eigenvalue weighted by Crippen LogP contribution is 2.33. The molecule has 1 heterocycles. The van der Waals surface area contributed by atoms with E-state index in [1.807, 2.05) is 43.3 Å². The normalized spacial score (nSPS) is 18.6. The first-order chi connectivity index (χ1) is 10.9. The maximum Gasteiger partial charge on any atom is 0.266 e. The Balaban J connectivity index is 2.25. The van der Waals surface area contributed by atoms with Crippen LogP contribution in [0.5, 0.6) is 0 Å². The summed E-state index contributed by atoms with van der Waals surface area (Å²) in [7, 11) is 0. The van der Waals surface area contributed by atoms with Crippen LogP contribution < -0.4 is 5.11 Å². The van der Waals surface area contributed by atoms with Crippen LogP contribution in [-0.2, 0) is 9.59 Å². The van der Waals surface area contributed by atoms with Gasteiger partial charge in [-0.1, -0.05) is 60.4 Å². The summed E-state index contributed by atoms with van der Waals surface area (Å²) in [6.07, 6.45) is 3.55. The van der Waals surface area contributed by atoms with Crippen molar-refractivity contribution in [3.05, 3.63) is 52.4 Å². The number of amides is 1. The zero-order chi connectivity index (χ0) is 17.0. The van der Waals surface area contributed by atoms with Crippen molar-refractivity contribution in [1.29, 1.82) is 0 Å². The van der Waals surface area contributed by atoms with E-state index in [0.29, 0.717) is 4.91 Å². The molecule has 0 aromatic heterocycles. The van der Waals surface area contributed by atoms with E-state index in [9.17, 15) is 14.7 Å². The summed E-state index contributed by atoms with van der Waals surface area (Å²) in [5, 5.41) is 20.2. The van der Waals surface area contributed by atoms with E-state index < -0.39 is 24.5 Å². The van der Waals surface area contributed by atoms with Crippen LogP contribution in [0.15, 0.2) is 46.9 Å². The van der Waals surface area contributed by atoms with Crippen molar-refractivity contribution < 1.29 is 19.8 Å². The molecule has 23 heavy (non-hydrogen) atoms. The van der Waals surface area contributed by atoms with E-state index in [2.05, 4.69) is 0 Å². The average Bonchev–Trinajstić information content (AvgIpc) is 2.76. The largest absolute Gasteiger partial charge is 0.548 e. The van der Waals surface area contributed by atoms with E-state index in [4.69, 9.17) is 17.3 Å². The minimum absolute atomic E-state index is 0.0945. The van der Waals surface area contributed by atoms with Gasteiger partial charge in [0.2, 0.25) is 0 Å². The quantitative estimate of drug-likeness (QED) is 0.630. The molecule has 1 aromatic rings. The number of nitrogens with zero attached hydrogens (tertiary/aromatic N) is 1. The van der Waals surface area contributed by atoms with Crippen molar-refractivity contribution in [3.63, 3.8) is 0 Å². The molecule has 0 spiro atoms. The molecule has 0 radical (unpaired) electrons. The van der Waals surface area contributed by atoms with Crippen LogP contribution >= 0.6 is 24.0 Å². The Labute approximate surface area is 143 Å². The van der Waals surface area contributed by atoms with Crippen molar-refractivity contribution in [2.45, 2.75) is 13.0 Å². The van der Waals surface area contributed by atoms with Crippen LogP contribution in [0.4, 0.5) is 0 Å². The number of carbonyl (C=O) groups excluding carboxylic acids is 2. The van der Waals surface area contributed by atoms with Crippen molar-refractivity contribution in [2.24, 2.45) is 0 Å². The number of hydrogen-bond acceptors (Lipinski definition) is 6. The lowest BCUT2D eigenvalue weighted by molar-refractivity contribution is -0.311. The topological polar surface area (TPSA) is 80.7 Å². The van der Waals surface area contributed by atoms with Gasteiger partial charge in [-0.25, -0.2) is 0 Å². The Morgan fingerprint density at radius 3 is 2.65 bits per heavy atom. The molecule has 0 saturated carbocycles. The number of benzene rings is 1. The summed E-state index contributed by atoms with van der Waals surface area (Å²) in [6.45, 7) is 1.09. The highest BCUT2D eigenvalue weighted by Gasteiger charge is 2.37. The molecular weight excluding hydrogens is 334 g/mol. The zero-order valence-corrected chi connectivity index (χ0v) is 13.9. The first-order valence-corrected chi connectivity index (χ1v) is 7.98. The fourth-order valence-corrected chi connectivity index (χ4v) is 3.48. The number of hydrogen-bond donors (Lipinski definition) is 1. The number of thiocarbonyl (C=S) groups is 1. The number of aliphatic hydroxyl groups excluding tert-OH is 1. The van der Waals surface area contributed by atoms with Crippen LogP contribution in [0.3, 0.4) is 0 Å². The summed E-state index contributed by atoms with van der Waals surface area (Å²) in [5.41, 5.74) is 1.81. The molecule has 1 saturated heterocycles. The SMILES string of the molecule is CC(/C=C1\SC(=S)N([C@@H](CO)C(=O)[O-])C1=O)=C\c1ccccc1. The van der Waals surface area contributed by atoms with Gasteiger partial charge in [0.25, 0.3) is 5.91 Å². The molecule has 1 aromatic carbocycles. The van der Waals surface area contributed by atoms with Crippen LogP contribution in [0.2, 0.25) is 0 Å². The Morgan fingerprint density at radius 2 is 2.09 bits per heavy atom. The minimum atomic E-state index is -1.54. The molecule has 0 unspecified atom stereocenters. The highest BCUT2D eigenvalue weighted by molar-refractivity contribution is 8.26. The molecular formula is C16H14NO4S2-. The number of allylic oxidation sites excluding steroid dienone is 2. The monoisotopic (exact) mass is 348 g/mol. The predicted octanol–water partition coefficient (Wildman–Crippen LogP) is 0.945. The molecule has 120 valence electrons. The number of carboxylic acid groups (broad SMARTS) is 1. The van der Waals surface area contributed by atoms with Gasteiger partial charge >= 0.3 is 0 Å². The highest BCUT2D eigenvalue weighted by atomic mass is 32.2. The molecule has 1 amide bonds. The van der Waals surface area contributed by atoms with Gasteiger partial charge < -0.3 is 15.0 Å². The van der Waals surface area contributed by atoms with Gasteiger partial charge in [-0.3, -0.25) is 9.69 Å². The maximum absolute atomic E-state index is 12.3. The number of aliphatic hydroxyl groups is 1. The Hall–Kier alpha value is -1.96. The van der Waals surface area contributed by atoms with Crippen LogP contribution in [0, 0.1) is 0 Å². The second-order valence-corrected chi connectivity index (χ2v) is 6.54. The Kier molecular flexibility index (Phi) is 5.70. The van der Waals surface area contributed by atoms with Crippen molar-refractivity contribution in [1.82, 2.24) is 4.90 Å². The molecule has 1 aliphatic heterocycles. The maximum atomic E-state index is 12.3. The number of carbonyl (C=O) groups is 2. The fraction of sp³-hybridized carbons (Fsp3) is 0.188. The fourth-order valence-electron chi connectivity index (χ4n) is 2.07. The number of thioether (sulfide) groups is 1. The first kappa shape index (κ1) is 17.4. The molecule has 1 fully saturated rings. The average molecular weight is 348 g/mol. The molecule has 1 aliphatic rings. The lowest BCUT2D eigenvalue weighted by Gasteiger charge is -2.25. The van der Waals surface area contributed by atoms with Crippen LogP contribution in [0.1, 0.15) is 12.5 Å². The number of rotatable bonds is 5. The van der Waals surface area contributed by atoms with Gasteiger partial charge in [-0.05, 0) is 24.1 Å². The van der Waals surface area contributed by atoms with E-state index in [1.165, 1.54) is 0 Å². The third-order valence-electron chi connectivity index (χ3n) is 3.13. The lowest BCUT2D eigenvalue weighted by Crippen LogP contribution is -2.51. The van der Waals surface area contributed by atoms with Gasteiger partial charge in [-0.15, -0.1) is 0 Å². The van der Waals surface area contributed by atoms with Crippen molar-refractivity contribution in [2.75, 3.05) is 6.61 Å². The van der Waals surface area contributed by atoms with E-state index in [1.54, 1.807) is 6.08 Å². The molecule has 0 aliphatic carbocycles. The van der Waals surface area contributed by atoms with Crippen LogP contribution in [-0.4, -0.2) is 38.9 Å². The van der Waals surface area contributed by atoms with Gasteiger partial charge in [-0.2, -0.15) is 0 Å². The first-order valence-electron chi connectivity index (χ1n) is 6.76. The second-order valence-electron chi connectivity index (χ2n) is 4.87. The Morgan fingerprint density at radius 1 is 1.43 bits per heavy atom. The van der Waals surface area contributed by atoms with E-state index in [0.717, 1.165) is 27.8 Å². The number of carboxylic acids is 1. The zero-order valence-electron chi connectivity index (χ0n) is 12.3. The number of aliphatic carboxylic acids is 1. The molecule has 7 heteroatoms.